The minimum atomic E-state index is -3.26. The minimum absolute atomic E-state index is 0.354. The van der Waals surface area contributed by atoms with Crippen LogP contribution in [-0.2, 0) is 14.3 Å². The maximum absolute atomic E-state index is 10.8. The quantitative estimate of drug-likeness (QED) is 0.593. The zero-order chi connectivity index (χ0) is 11.0. The first-order valence-corrected chi connectivity index (χ1v) is 7.15. The summed E-state index contributed by atoms with van der Waals surface area (Å²) in [4.78, 5) is 0. The van der Waals surface area contributed by atoms with Crippen LogP contribution in [0.4, 0.5) is 0 Å². The largest absolute Gasteiger partial charge is 0.270 e. The minimum Gasteiger partial charge on any atom is -0.270 e. The van der Waals surface area contributed by atoms with E-state index in [1.54, 1.807) is 0 Å². The molecule has 0 spiro atoms. The van der Waals surface area contributed by atoms with Gasteiger partial charge < -0.3 is 0 Å². The predicted octanol–water partition coefficient (Wildman–Crippen LogP) is 2.57. The molecule has 0 aliphatic rings. The van der Waals surface area contributed by atoms with Gasteiger partial charge in [-0.3, -0.25) is 4.18 Å². The van der Waals surface area contributed by atoms with Gasteiger partial charge in [0.2, 0.25) is 0 Å². The van der Waals surface area contributed by atoms with Gasteiger partial charge in [-0.2, -0.15) is 8.42 Å². The fourth-order valence-electron chi connectivity index (χ4n) is 1.43. The lowest BCUT2D eigenvalue weighted by Gasteiger charge is -2.14. The van der Waals surface area contributed by atoms with Gasteiger partial charge in [-0.15, -0.1) is 0 Å². The Labute approximate surface area is 88.0 Å². The second-order valence-electron chi connectivity index (χ2n) is 3.79. The molecule has 0 saturated heterocycles. The summed E-state index contributed by atoms with van der Waals surface area (Å²) >= 11 is 0. The van der Waals surface area contributed by atoms with E-state index in [1.165, 1.54) is 0 Å². The second kappa shape index (κ2) is 7.23. The van der Waals surface area contributed by atoms with Gasteiger partial charge in [0.25, 0.3) is 10.1 Å². The first-order chi connectivity index (χ1) is 6.49. The summed E-state index contributed by atoms with van der Waals surface area (Å²) in [7, 11) is -3.26. The molecule has 3 nitrogen and oxygen atoms in total. The Hall–Kier alpha value is -0.0900. The Morgan fingerprint density at radius 1 is 1.14 bits per heavy atom. The van der Waals surface area contributed by atoms with Crippen molar-refractivity contribution in [2.45, 2.75) is 46.0 Å². The molecule has 1 atom stereocenters. The summed E-state index contributed by atoms with van der Waals surface area (Å²) in [5, 5.41) is 0. The van der Waals surface area contributed by atoms with Crippen molar-refractivity contribution in [3.05, 3.63) is 0 Å². The highest BCUT2D eigenvalue weighted by Crippen LogP contribution is 2.15. The highest BCUT2D eigenvalue weighted by Gasteiger charge is 2.11. The highest BCUT2D eigenvalue weighted by atomic mass is 32.2. The summed E-state index contributed by atoms with van der Waals surface area (Å²) in [6, 6.07) is 0. The van der Waals surface area contributed by atoms with E-state index in [0.717, 1.165) is 38.4 Å². The van der Waals surface area contributed by atoms with Crippen molar-refractivity contribution >= 4 is 10.1 Å². The molecule has 0 aliphatic carbocycles. The molecule has 86 valence electrons. The third-order valence-electron chi connectivity index (χ3n) is 2.18. The van der Waals surface area contributed by atoms with Crippen molar-refractivity contribution in [3.63, 3.8) is 0 Å². The predicted molar refractivity (Wildman–Crippen MR) is 58.7 cm³/mol. The molecule has 0 aromatic carbocycles. The van der Waals surface area contributed by atoms with Crippen LogP contribution in [0.5, 0.6) is 0 Å². The third-order valence-corrected chi connectivity index (χ3v) is 2.74. The average molecular weight is 222 g/mol. The molecule has 0 aromatic rings. The van der Waals surface area contributed by atoms with Crippen molar-refractivity contribution < 1.29 is 12.6 Å². The van der Waals surface area contributed by atoms with Gasteiger partial charge in [0, 0.05) is 0 Å². The summed E-state index contributed by atoms with van der Waals surface area (Å²) < 4.78 is 26.4. The van der Waals surface area contributed by atoms with Crippen molar-refractivity contribution in [3.8, 4) is 0 Å². The molecule has 0 rings (SSSR count). The maximum atomic E-state index is 10.8. The molecule has 0 heterocycles. The second-order valence-corrected chi connectivity index (χ2v) is 5.43. The molecule has 0 fully saturated rings. The van der Waals surface area contributed by atoms with Crippen LogP contribution in [0.15, 0.2) is 0 Å². The van der Waals surface area contributed by atoms with Crippen LogP contribution in [-0.4, -0.2) is 21.3 Å². The van der Waals surface area contributed by atoms with Crippen LogP contribution in [0, 0.1) is 5.92 Å². The van der Waals surface area contributed by atoms with E-state index in [-0.39, 0.29) is 0 Å². The first kappa shape index (κ1) is 13.9. The van der Waals surface area contributed by atoms with Gasteiger partial charge in [0.15, 0.2) is 0 Å². The average Bonchev–Trinajstić information content (AvgIpc) is 2.08. The lowest BCUT2D eigenvalue weighted by molar-refractivity contribution is 0.235. The molecule has 14 heavy (non-hydrogen) atoms. The van der Waals surface area contributed by atoms with E-state index >= 15 is 0 Å². The van der Waals surface area contributed by atoms with E-state index in [0.29, 0.717) is 12.5 Å². The lowest BCUT2D eigenvalue weighted by atomic mass is 9.98. The Kier molecular flexibility index (Phi) is 7.19. The molecule has 0 aromatic heterocycles. The van der Waals surface area contributed by atoms with Gasteiger partial charge in [0.05, 0.1) is 12.9 Å². The zero-order valence-electron chi connectivity index (χ0n) is 9.45. The van der Waals surface area contributed by atoms with Crippen molar-refractivity contribution in [1.29, 1.82) is 0 Å². The Balaban J connectivity index is 3.84. The van der Waals surface area contributed by atoms with Gasteiger partial charge >= 0.3 is 0 Å². The zero-order valence-corrected chi connectivity index (χ0v) is 10.3. The van der Waals surface area contributed by atoms with Crippen LogP contribution in [0.3, 0.4) is 0 Å². The Morgan fingerprint density at radius 2 is 1.79 bits per heavy atom. The molecule has 0 amide bonds. The van der Waals surface area contributed by atoms with Crippen LogP contribution in [0.1, 0.15) is 46.0 Å². The number of hydrogen-bond acceptors (Lipinski definition) is 3. The fraction of sp³-hybridized carbons (Fsp3) is 1.00. The maximum Gasteiger partial charge on any atom is 0.264 e. The summed E-state index contributed by atoms with van der Waals surface area (Å²) in [6.45, 7) is 4.60. The smallest absolute Gasteiger partial charge is 0.264 e. The summed E-state index contributed by atoms with van der Waals surface area (Å²) in [5.74, 6) is 0.398. The van der Waals surface area contributed by atoms with E-state index in [4.69, 9.17) is 4.18 Å². The monoisotopic (exact) mass is 222 g/mol. The first-order valence-electron chi connectivity index (χ1n) is 5.34. The highest BCUT2D eigenvalue weighted by molar-refractivity contribution is 7.85. The Bertz CT molecular complexity index is 222. The van der Waals surface area contributed by atoms with Gasteiger partial charge in [0.1, 0.15) is 0 Å². The van der Waals surface area contributed by atoms with Gasteiger partial charge in [-0.1, -0.05) is 33.1 Å². The van der Waals surface area contributed by atoms with Gasteiger partial charge in [-0.05, 0) is 18.8 Å². The van der Waals surface area contributed by atoms with Gasteiger partial charge in [-0.25, -0.2) is 0 Å². The molecular formula is C10H22O3S. The molecule has 4 heteroatoms. The fourth-order valence-corrected chi connectivity index (χ4v) is 1.87. The molecule has 0 N–H and O–H groups in total. The number of rotatable bonds is 8. The van der Waals surface area contributed by atoms with Crippen molar-refractivity contribution in [2.75, 3.05) is 12.9 Å². The summed E-state index contributed by atoms with van der Waals surface area (Å²) in [6.07, 6.45) is 6.61. The molecule has 1 unspecified atom stereocenters. The lowest BCUT2D eigenvalue weighted by Crippen LogP contribution is -2.13. The molecule has 0 radical (unpaired) electrons. The molecule has 0 aliphatic heterocycles. The molecule has 0 bridgehead atoms. The topological polar surface area (TPSA) is 43.4 Å². The van der Waals surface area contributed by atoms with Crippen molar-refractivity contribution in [2.24, 2.45) is 5.92 Å². The normalized spacial score (nSPS) is 14.2. The van der Waals surface area contributed by atoms with Crippen LogP contribution in [0.2, 0.25) is 0 Å². The van der Waals surface area contributed by atoms with E-state index in [2.05, 4.69) is 13.8 Å². The third kappa shape index (κ3) is 8.51. The van der Waals surface area contributed by atoms with E-state index in [9.17, 15) is 8.42 Å². The molecular weight excluding hydrogens is 200 g/mol. The SMILES string of the molecule is CCCCC(CCC)COS(C)(=O)=O. The van der Waals surface area contributed by atoms with Crippen LogP contribution < -0.4 is 0 Å². The van der Waals surface area contributed by atoms with E-state index < -0.39 is 10.1 Å². The van der Waals surface area contributed by atoms with E-state index in [1.807, 2.05) is 0 Å². The van der Waals surface area contributed by atoms with Crippen molar-refractivity contribution in [1.82, 2.24) is 0 Å². The molecule has 0 saturated carbocycles. The standard InChI is InChI=1S/C10H22O3S/c1-4-6-8-10(7-5-2)9-13-14(3,11)12/h10H,4-9H2,1-3H3. The number of unbranched alkanes of at least 4 members (excludes halogenated alkanes) is 1. The van der Waals surface area contributed by atoms with Crippen LogP contribution in [0.25, 0.3) is 0 Å². The Morgan fingerprint density at radius 3 is 2.21 bits per heavy atom. The van der Waals surface area contributed by atoms with Crippen LogP contribution >= 0.6 is 0 Å². The number of hydrogen-bond donors (Lipinski definition) is 0. The summed E-state index contributed by atoms with van der Waals surface area (Å²) in [5.41, 5.74) is 0.